The third kappa shape index (κ3) is 2.08. The Bertz CT molecular complexity index is 86.9. The van der Waals surface area contributed by atoms with Crippen molar-refractivity contribution in [1.82, 2.24) is 0 Å². The van der Waals surface area contributed by atoms with Gasteiger partial charge in [-0.25, -0.2) is 0 Å². The van der Waals surface area contributed by atoms with Crippen LogP contribution in [0.2, 0.25) is 0 Å². The summed E-state index contributed by atoms with van der Waals surface area (Å²) in [5.41, 5.74) is 0.670. The second kappa shape index (κ2) is 3.20. The van der Waals surface area contributed by atoms with Crippen molar-refractivity contribution in [3.8, 4) is 0 Å². The molecule has 0 spiro atoms. The van der Waals surface area contributed by atoms with Gasteiger partial charge in [-0.05, 0) is 35.5 Å². The number of thiol groups is 1. The van der Waals surface area contributed by atoms with Crippen LogP contribution in [0.15, 0.2) is 0 Å². The Labute approximate surface area is 67.2 Å². The first-order valence-electron chi connectivity index (χ1n) is 3.51. The van der Waals surface area contributed by atoms with Crippen LogP contribution in [0.5, 0.6) is 0 Å². The maximum Gasteiger partial charge on any atom is -0.000309 e. The fourth-order valence-corrected chi connectivity index (χ4v) is 2.45. The SMILES string of the molecule is CCSCC1(CS)CC1. The summed E-state index contributed by atoms with van der Waals surface area (Å²) in [5.74, 6) is 3.70. The monoisotopic (exact) mass is 162 g/mol. The molecule has 0 unspecified atom stereocenters. The average molecular weight is 162 g/mol. The third-order valence-electron chi connectivity index (χ3n) is 1.90. The van der Waals surface area contributed by atoms with Crippen LogP contribution in [-0.4, -0.2) is 17.3 Å². The van der Waals surface area contributed by atoms with Gasteiger partial charge in [-0.2, -0.15) is 24.4 Å². The van der Waals surface area contributed by atoms with Crippen LogP contribution >= 0.6 is 24.4 Å². The summed E-state index contributed by atoms with van der Waals surface area (Å²) in [4.78, 5) is 0. The van der Waals surface area contributed by atoms with Crippen molar-refractivity contribution in [3.63, 3.8) is 0 Å². The summed E-state index contributed by atoms with van der Waals surface area (Å²) in [5, 5.41) is 0. The largest absolute Gasteiger partial charge is 0.179 e. The Hall–Kier alpha value is 0.700. The van der Waals surface area contributed by atoms with Crippen molar-refractivity contribution in [2.24, 2.45) is 5.41 Å². The lowest BCUT2D eigenvalue weighted by atomic mass is 10.2. The molecule has 0 amide bonds. The van der Waals surface area contributed by atoms with Crippen molar-refractivity contribution >= 4 is 24.4 Å². The Morgan fingerprint density at radius 1 is 1.56 bits per heavy atom. The molecule has 9 heavy (non-hydrogen) atoms. The molecule has 0 radical (unpaired) electrons. The van der Waals surface area contributed by atoms with Crippen molar-refractivity contribution in [2.45, 2.75) is 19.8 Å². The van der Waals surface area contributed by atoms with Crippen LogP contribution < -0.4 is 0 Å². The zero-order valence-corrected chi connectivity index (χ0v) is 7.60. The molecule has 0 aromatic carbocycles. The smallest absolute Gasteiger partial charge is 0.000309 e. The van der Waals surface area contributed by atoms with Gasteiger partial charge in [0.1, 0.15) is 0 Å². The molecule has 0 aliphatic heterocycles. The lowest BCUT2D eigenvalue weighted by molar-refractivity contribution is 0.683. The van der Waals surface area contributed by atoms with Gasteiger partial charge in [0.2, 0.25) is 0 Å². The number of thioether (sulfide) groups is 1. The van der Waals surface area contributed by atoms with Gasteiger partial charge in [-0.1, -0.05) is 6.92 Å². The zero-order chi connectivity index (χ0) is 6.74. The Balaban J connectivity index is 2.10. The molecule has 1 saturated carbocycles. The van der Waals surface area contributed by atoms with Gasteiger partial charge in [-0.3, -0.25) is 0 Å². The zero-order valence-electron chi connectivity index (χ0n) is 5.89. The molecule has 0 atom stereocenters. The molecule has 1 fully saturated rings. The molecule has 1 aliphatic rings. The molecule has 0 saturated heterocycles. The molecule has 0 heterocycles. The normalized spacial score (nSPS) is 22.0. The number of hydrogen-bond acceptors (Lipinski definition) is 2. The fraction of sp³-hybridized carbons (Fsp3) is 1.00. The van der Waals surface area contributed by atoms with E-state index in [1.807, 2.05) is 0 Å². The Morgan fingerprint density at radius 2 is 2.22 bits per heavy atom. The van der Waals surface area contributed by atoms with E-state index in [0.717, 1.165) is 5.75 Å². The summed E-state index contributed by atoms with van der Waals surface area (Å²) in [7, 11) is 0. The molecule has 1 rings (SSSR count). The molecular weight excluding hydrogens is 148 g/mol. The lowest BCUT2D eigenvalue weighted by Gasteiger charge is -2.08. The maximum absolute atomic E-state index is 4.32. The van der Waals surface area contributed by atoms with E-state index in [-0.39, 0.29) is 0 Å². The molecule has 0 aromatic heterocycles. The fourth-order valence-electron chi connectivity index (χ4n) is 0.843. The van der Waals surface area contributed by atoms with E-state index < -0.39 is 0 Å². The Kier molecular flexibility index (Phi) is 2.77. The van der Waals surface area contributed by atoms with Gasteiger partial charge in [0.25, 0.3) is 0 Å². The van der Waals surface area contributed by atoms with Crippen LogP contribution in [-0.2, 0) is 0 Å². The summed E-state index contributed by atoms with van der Waals surface area (Å²) in [6.45, 7) is 2.22. The first-order chi connectivity index (χ1) is 4.33. The molecule has 54 valence electrons. The van der Waals surface area contributed by atoms with E-state index >= 15 is 0 Å². The predicted octanol–water partition coefficient (Wildman–Crippen LogP) is 2.45. The van der Waals surface area contributed by atoms with Crippen molar-refractivity contribution in [3.05, 3.63) is 0 Å². The third-order valence-corrected chi connectivity index (χ3v) is 3.80. The van der Waals surface area contributed by atoms with E-state index in [4.69, 9.17) is 0 Å². The summed E-state index contributed by atoms with van der Waals surface area (Å²) < 4.78 is 0. The van der Waals surface area contributed by atoms with E-state index in [1.165, 1.54) is 24.3 Å². The van der Waals surface area contributed by atoms with Gasteiger partial charge in [-0.15, -0.1) is 0 Å². The standard InChI is InChI=1S/C7H14S2/c1-2-9-6-7(5-8)3-4-7/h8H,2-6H2,1H3. The number of rotatable bonds is 4. The minimum absolute atomic E-state index is 0.670. The van der Waals surface area contributed by atoms with E-state index in [0.29, 0.717) is 5.41 Å². The highest BCUT2D eigenvalue weighted by atomic mass is 32.2. The first kappa shape index (κ1) is 7.80. The molecule has 0 nitrogen and oxygen atoms in total. The molecule has 1 aliphatic carbocycles. The second-order valence-electron chi connectivity index (χ2n) is 2.80. The van der Waals surface area contributed by atoms with Gasteiger partial charge < -0.3 is 0 Å². The van der Waals surface area contributed by atoms with Gasteiger partial charge >= 0.3 is 0 Å². The van der Waals surface area contributed by atoms with Gasteiger partial charge in [0.15, 0.2) is 0 Å². The molecule has 0 bridgehead atoms. The summed E-state index contributed by atoms with van der Waals surface area (Å²) >= 11 is 6.38. The lowest BCUT2D eigenvalue weighted by Crippen LogP contribution is -2.05. The van der Waals surface area contributed by atoms with E-state index in [1.54, 1.807) is 0 Å². The van der Waals surface area contributed by atoms with Crippen LogP contribution in [0, 0.1) is 5.41 Å². The predicted molar refractivity (Wildman–Crippen MR) is 48.5 cm³/mol. The number of hydrogen-bond donors (Lipinski definition) is 1. The van der Waals surface area contributed by atoms with Crippen LogP contribution in [0.1, 0.15) is 19.8 Å². The van der Waals surface area contributed by atoms with Crippen LogP contribution in [0.25, 0.3) is 0 Å². The second-order valence-corrected chi connectivity index (χ2v) is 4.39. The Morgan fingerprint density at radius 3 is 2.56 bits per heavy atom. The highest BCUT2D eigenvalue weighted by Gasteiger charge is 2.40. The molecular formula is C7H14S2. The van der Waals surface area contributed by atoms with Crippen LogP contribution in [0.3, 0.4) is 0 Å². The quantitative estimate of drug-likeness (QED) is 0.620. The average Bonchev–Trinajstić information content (AvgIpc) is 2.65. The highest BCUT2D eigenvalue weighted by molar-refractivity contribution is 7.99. The maximum atomic E-state index is 4.32. The summed E-state index contributed by atoms with van der Waals surface area (Å²) in [6.07, 6.45) is 2.84. The molecule has 2 heteroatoms. The highest BCUT2D eigenvalue weighted by Crippen LogP contribution is 2.48. The van der Waals surface area contributed by atoms with Crippen molar-refractivity contribution in [1.29, 1.82) is 0 Å². The van der Waals surface area contributed by atoms with Crippen LogP contribution in [0.4, 0.5) is 0 Å². The van der Waals surface area contributed by atoms with Crippen molar-refractivity contribution in [2.75, 3.05) is 17.3 Å². The van der Waals surface area contributed by atoms with E-state index in [9.17, 15) is 0 Å². The summed E-state index contributed by atoms with van der Waals surface area (Å²) in [6, 6.07) is 0. The van der Waals surface area contributed by atoms with Gasteiger partial charge in [0, 0.05) is 0 Å². The van der Waals surface area contributed by atoms with Gasteiger partial charge in [0.05, 0.1) is 0 Å². The van der Waals surface area contributed by atoms with Crippen molar-refractivity contribution < 1.29 is 0 Å². The minimum atomic E-state index is 0.670. The topological polar surface area (TPSA) is 0 Å². The van der Waals surface area contributed by atoms with E-state index in [2.05, 4.69) is 31.3 Å². The first-order valence-corrected chi connectivity index (χ1v) is 5.30. The molecule has 0 N–H and O–H groups in total. The minimum Gasteiger partial charge on any atom is -0.179 e. The molecule has 0 aromatic rings.